The number of carbonyl (C=O) groups is 2. The van der Waals surface area contributed by atoms with Crippen molar-refractivity contribution in [3.05, 3.63) is 220 Å². The number of fused-ring (bicyclic) bond motifs is 8. The van der Waals surface area contributed by atoms with Crippen LogP contribution in [0, 0.1) is 11.6 Å². The second kappa shape index (κ2) is 19.4. The number of aliphatic carboxylic acids is 2. The van der Waals surface area contributed by atoms with Gasteiger partial charge in [0.05, 0.1) is 11.9 Å². The Morgan fingerprint density at radius 3 is 0.935 bits per heavy atom. The molecule has 0 unspecified atom stereocenters. The van der Waals surface area contributed by atoms with E-state index in [0.29, 0.717) is 11.5 Å². The Balaban J connectivity index is 0.00000289. The van der Waals surface area contributed by atoms with Gasteiger partial charge in [-0.1, -0.05) is 48.5 Å². The van der Waals surface area contributed by atoms with Gasteiger partial charge in [-0.2, -0.15) is 0 Å². The number of aromatic amines is 2. The van der Waals surface area contributed by atoms with Crippen LogP contribution < -0.4 is 96.9 Å². The molecule has 14 heteroatoms. The van der Waals surface area contributed by atoms with Crippen LogP contribution in [0.15, 0.2) is 146 Å². The predicted octanol–water partition coefficient (Wildman–Crippen LogP) is -1.69. The molecule has 0 atom stereocenters. The Hall–Kier alpha value is -5.28. The summed E-state index contributed by atoms with van der Waals surface area (Å²) >= 11 is 3.11. The van der Waals surface area contributed by atoms with Crippen LogP contribution in [-0.2, 0) is 9.59 Å². The van der Waals surface area contributed by atoms with Crippen molar-refractivity contribution in [1.29, 1.82) is 0 Å². The number of carbonyl (C=O) groups excluding carboxylic acids is 2. The van der Waals surface area contributed by atoms with E-state index in [2.05, 4.69) is 9.97 Å². The third-order valence-corrected chi connectivity index (χ3v) is 12.2. The second-order valence-corrected chi connectivity index (χ2v) is 16.0. The quantitative estimate of drug-likeness (QED) is 0.158. The van der Waals surface area contributed by atoms with E-state index in [1.165, 1.54) is 24.3 Å². The van der Waals surface area contributed by atoms with E-state index in [1.54, 1.807) is 71.2 Å². The molecular weight excluding hydrogens is 849 g/mol. The number of carboxylic acid groups (broad SMARTS) is 2. The first kappa shape index (κ1) is 44.8. The molecule has 9 rings (SSSR count). The molecule has 8 nitrogen and oxygen atoms in total. The minimum atomic E-state index is -1.33. The summed E-state index contributed by atoms with van der Waals surface area (Å²) in [5.74, 6) is -2.61. The third kappa shape index (κ3) is 9.53. The molecule has 0 saturated heterocycles. The molecule has 2 N–H and O–H groups in total. The number of rotatable bonds is 10. The summed E-state index contributed by atoms with van der Waals surface area (Å²) in [5.41, 5.74) is 9.88. The molecule has 0 spiro atoms. The zero-order valence-electron chi connectivity index (χ0n) is 33.3. The molecule has 296 valence electrons. The number of hydrogen-bond acceptors (Lipinski definition) is 8. The van der Waals surface area contributed by atoms with E-state index in [-0.39, 0.29) is 70.7 Å². The Morgan fingerprint density at radius 2 is 0.677 bits per heavy atom. The number of nitrogens with one attached hydrogen (secondary N) is 2. The number of benzene rings is 4. The van der Waals surface area contributed by atoms with E-state index in [9.17, 15) is 28.6 Å². The monoisotopic (exact) mass is 878 g/mol. The zero-order chi connectivity index (χ0) is 41.3. The average Bonchev–Trinajstić information content (AvgIpc) is 4.10. The molecule has 62 heavy (non-hydrogen) atoms. The van der Waals surface area contributed by atoms with Gasteiger partial charge in [0.15, 0.2) is 0 Å². The van der Waals surface area contributed by atoms with E-state index in [4.69, 9.17) is 9.47 Å². The normalized spacial score (nSPS) is 12.0. The molecule has 4 aromatic carbocycles. The van der Waals surface area contributed by atoms with Crippen molar-refractivity contribution in [2.75, 3.05) is 13.2 Å². The predicted molar refractivity (Wildman–Crippen MR) is 222 cm³/mol. The smallest absolute Gasteiger partial charge is 0.546 e. The maximum Gasteiger partial charge on any atom is 1.00 e. The summed E-state index contributed by atoms with van der Waals surface area (Å²) in [6, 6.07) is 43.3. The summed E-state index contributed by atoms with van der Waals surface area (Å²) in [6.45, 7) is -1.16. The van der Waals surface area contributed by atoms with Gasteiger partial charge in [0.25, 0.3) is 0 Å². The molecule has 4 aromatic heterocycles. The Morgan fingerprint density at radius 1 is 0.419 bits per heavy atom. The molecule has 8 aromatic rings. The van der Waals surface area contributed by atoms with Crippen LogP contribution in [0.3, 0.4) is 0 Å². The van der Waals surface area contributed by atoms with E-state index < -0.39 is 25.2 Å². The number of carboxylic acids is 2. The fourth-order valence-electron chi connectivity index (χ4n) is 7.26. The maximum atomic E-state index is 14.3. The van der Waals surface area contributed by atoms with Gasteiger partial charge in [-0.25, -0.2) is 8.78 Å². The van der Waals surface area contributed by atoms with E-state index in [1.807, 2.05) is 72.8 Å². The zero-order valence-corrected chi connectivity index (χ0v) is 38.9. The molecule has 8 bridgehead atoms. The van der Waals surface area contributed by atoms with Crippen LogP contribution in [-0.4, -0.2) is 35.1 Å². The van der Waals surface area contributed by atoms with E-state index >= 15 is 0 Å². The first-order valence-electron chi connectivity index (χ1n) is 18.6. The van der Waals surface area contributed by atoms with Crippen LogP contribution in [0.25, 0.3) is 22.3 Å². The molecule has 1 aliphatic rings. The molecule has 5 heterocycles. The number of aromatic nitrogens is 2. The van der Waals surface area contributed by atoms with Gasteiger partial charge < -0.3 is 39.2 Å². The molecule has 0 amide bonds. The molecule has 0 radical (unpaired) electrons. The van der Waals surface area contributed by atoms with Crippen LogP contribution >= 0.6 is 22.7 Å². The largest absolute Gasteiger partial charge is 1.00 e. The maximum absolute atomic E-state index is 14.3. The van der Waals surface area contributed by atoms with Crippen molar-refractivity contribution < 1.29 is 97.2 Å². The molecule has 0 saturated carbocycles. The first-order chi connectivity index (χ1) is 29.2. The summed E-state index contributed by atoms with van der Waals surface area (Å²) in [6.07, 6.45) is 0. The van der Waals surface area contributed by atoms with Crippen LogP contribution in [0.1, 0.15) is 45.0 Å². The van der Waals surface area contributed by atoms with Crippen molar-refractivity contribution in [1.82, 2.24) is 9.97 Å². The van der Waals surface area contributed by atoms with Crippen molar-refractivity contribution in [2.45, 2.75) is 0 Å². The van der Waals surface area contributed by atoms with Crippen molar-refractivity contribution >= 4 is 56.9 Å². The van der Waals surface area contributed by atoms with Crippen molar-refractivity contribution in [2.24, 2.45) is 0 Å². The Labute approximate surface area is 405 Å². The molecule has 1 aliphatic heterocycles. The molecule has 0 aliphatic carbocycles. The van der Waals surface area contributed by atoms with Crippen LogP contribution in [0.2, 0.25) is 0 Å². The third-order valence-electron chi connectivity index (χ3n) is 9.91. The van der Waals surface area contributed by atoms with E-state index in [0.717, 1.165) is 85.5 Å². The molecule has 0 fully saturated rings. The van der Waals surface area contributed by atoms with Gasteiger partial charge in [-0.05, 0) is 119 Å². The van der Waals surface area contributed by atoms with Crippen molar-refractivity contribution in [3.63, 3.8) is 0 Å². The fourth-order valence-corrected chi connectivity index (χ4v) is 9.60. The minimum absolute atomic E-state index is 0. The number of H-pyrrole nitrogens is 2. The topological polar surface area (TPSA) is 130 Å². The van der Waals surface area contributed by atoms with Gasteiger partial charge in [0.2, 0.25) is 0 Å². The number of ether oxygens (including phenoxy) is 2. The fraction of sp³-hybridized carbons (Fsp3) is 0.0417. The van der Waals surface area contributed by atoms with Gasteiger partial charge >= 0.3 is 59.1 Å². The number of halogens is 2. The Kier molecular flexibility index (Phi) is 14.0. The summed E-state index contributed by atoms with van der Waals surface area (Å²) in [5, 5.41) is 22.2. The standard InChI is InChI=1S/C48H32F2N2O6S2.2Na/c49-31-9-1-27(2-10-31)45-35-17-19-37(51-35)47(29-5-13-33(14-6-29)57-25-43(53)54)41-23-24-42(60-41)48(30-7-15-34(16-8-30)58-26-44(55)56)38-20-18-36(52-38)46(40-22-21-39(45)59-40)28-3-11-32(50)12-4-28;;/h1-24,51-52H,25-26H2,(H,53,54)(H,55,56);;/q;2*+1/p-2. The first-order valence-corrected chi connectivity index (χ1v) is 20.3. The number of hydrogen-bond donors (Lipinski definition) is 2. The SMILES string of the molecule is O=C([O-])COc1ccc(C2=c3ccc(s3)=C(c3ccc(OCC(=O)[O-])cc3)c3ccc([nH]3)C(c3ccc(F)cc3)=c3ccc(s3)=C(c3ccc(F)cc3)c3ccc2[nH]3)cc1.[Na+].[Na+]. The summed E-state index contributed by atoms with van der Waals surface area (Å²) in [4.78, 5) is 29.6. The summed E-state index contributed by atoms with van der Waals surface area (Å²) in [7, 11) is 0. The van der Waals surface area contributed by atoms with Gasteiger partial charge in [-0.3, -0.25) is 0 Å². The van der Waals surface area contributed by atoms with Crippen molar-refractivity contribution in [3.8, 4) is 11.5 Å². The molecular formula is C48H30F2N2Na2O6S2. The van der Waals surface area contributed by atoms with Crippen LogP contribution in [0.4, 0.5) is 8.78 Å². The second-order valence-electron chi connectivity index (χ2n) is 13.8. The van der Waals surface area contributed by atoms with Gasteiger partial charge in [-0.15, -0.1) is 22.7 Å². The summed E-state index contributed by atoms with van der Waals surface area (Å²) < 4.78 is 43.1. The van der Waals surface area contributed by atoms with Gasteiger partial charge in [0.1, 0.15) is 36.3 Å². The van der Waals surface area contributed by atoms with Crippen LogP contribution in [0.5, 0.6) is 11.5 Å². The van der Waals surface area contributed by atoms with Gasteiger partial charge in [0, 0.05) is 63.2 Å². The Bertz CT molecular complexity index is 2960. The minimum Gasteiger partial charge on any atom is -0.546 e. The average molecular weight is 879 g/mol. The number of thiophene rings is 2.